The first-order valence-electron chi connectivity index (χ1n) is 6.99. The second-order valence-corrected chi connectivity index (χ2v) is 5.01. The van der Waals surface area contributed by atoms with Crippen molar-refractivity contribution in [2.45, 2.75) is 19.3 Å². The fourth-order valence-electron chi connectivity index (χ4n) is 2.24. The third kappa shape index (κ3) is 3.69. The van der Waals surface area contributed by atoms with Gasteiger partial charge in [-0.2, -0.15) is 4.98 Å². The second kappa shape index (κ2) is 6.22. The Hall–Kier alpha value is -2.62. The van der Waals surface area contributed by atoms with Gasteiger partial charge in [-0.3, -0.25) is 0 Å². The Kier molecular flexibility index (Phi) is 3.96. The van der Waals surface area contributed by atoms with Gasteiger partial charge in [0.2, 0.25) is 5.89 Å². The van der Waals surface area contributed by atoms with Crippen molar-refractivity contribution in [3.63, 3.8) is 0 Å². The number of nitrogens with zero attached hydrogens (tertiary/aromatic N) is 2. The van der Waals surface area contributed by atoms with Crippen LogP contribution in [-0.4, -0.2) is 10.1 Å². The molecule has 0 unspecified atom stereocenters. The van der Waals surface area contributed by atoms with Crippen LogP contribution in [0.5, 0.6) is 0 Å². The van der Waals surface area contributed by atoms with E-state index in [1.54, 1.807) is 0 Å². The molecule has 1 heterocycles. The van der Waals surface area contributed by atoms with Gasteiger partial charge in [-0.05, 0) is 29.7 Å². The molecule has 0 radical (unpaired) electrons. The minimum Gasteiger partial charge on any atom is -0.399 e. The van der Waals surface area contributed by atoms with Crippen molar-refractivity contribution in [1.29, 1.82) is 0 Å². The number of aryl methyl sites for hydroxylation is 2. The monoisotopic (exact) mass is 279 g/mol. The van der Waals surface area contributed by atoms with Crippen LogP contribution in [0.3, 0.4) is 0 Å². The Morgan fingerprint density at radius 3 is 2.52 bits per heavy atom. The van der Waals surface area contributed by atoms with E-state index >= 15 is 0 Å². The van der Waals surface area contributed by atoms with Crippen LogP contribution in [0.25, 0.3) is 0 Å². The first-order valence-corrected chi connectivity index (χ1v) is 6.99. The maximum Gasteiger partial charge on any atom is 0.231 e. The molecule has 0 bridgehead atoms. The van der Waals surface area contributed by atoms with E-state index in [4.69, 9.17) is 10.3 Å². The highest BCUT2D eigenvalue weighted by Gasteiger charge is 2.07. The molecule has 0 aliphatic carbocycles. The fourth-order valence-corrected chi connectivity index (χ4v) is 2.24. The average molecular weight is 279 g/mol. The van der Waals surface area contributed by atoms with Crippen molar-refractivity contribution in [1.82, 2.24) is 10.1 Å². The van der Waals surface area contributed by atoms with Crippen LogP contribution in [0.4, 0.5) is 5.69 Å². The van der Waals surface area contributed by atoms with Crippen LogP contribution in [0, 0.1) is 0 Å². The summed E-state index contributed by atoms with van der Waals surface area (Å²) in [4.78, 5) is 4.43. The van der Waals surface area contributed by atoms with E-state index in [0.717, 1.165) is 29.9 Å². The number of nitrogens with two attached hydrogens (primary N) is 1. The maximum atomic E-state index is 5.76. The van der Waals surface area contributed by atoms with Gasteiger partial charge in [0, 0.05) is 12.1 Å². The molecular formula is C17H17N3O. The van der Waals surface area contributed by atoms with Gasteiger partial charge in [-0.1, -0.05) is 47.6 Å². The zero-order valence-electron chi connectivity index (χ0n) is 11.7. The van der Waals surface area contributed by atoms with Gasteiger partial charge in [0.15, 0.2) is 5.82 Å². The lowest BCUT2D eigenvalue weighted by Gasteiger charge is -1.98. The molecule has 0 amide bonds. The zero-order valence-corrected chi connectivity index (χ0v) is 11.7. The fraction of sp³-hybridized carbons (Fsp3) is 0.176. The van der Waals surface area contributed by atoms with Crippen molar-refractivity contribution in [2.75, 3.05) is 5.73 Å². The van der Waals surface area contributed by atoms with Crippen LogP contribution in [0.2, 0.25) is 0 Å². The van der Waals surface area contributed by atoms with Gasteiger partial charge in [0.1, 0.15) is 0 Å². The third-order valence-corrected chi connectivity index (χ3v) is 3.30. The number of aromatic nitrogens is 2. The molecule has 21 heavy (non-hydrogen) atoms. The van der Waals surface area contributed by atoms with Crippen LogP contribution in [0.1, 0.15) is 22.8 Å². The molecule has 3 rings (SSSR count). The largest absolute Gasteiger partial charge is 0.399 e. The SMILES string of the molecule is Nc1cccc(Cc2nc(CCc3ccccc3)no2)c1. The number of nitrogen functional groups attached to an aromatic ring is 1. The summed E-state index contributed by atoms with van der Waals surface area (Å²) in [5, 5.41) is 4.03. The number of anilines is 1. The smallest absolute Gasteiger partial charge is 0.231 e. The Balaban J connectivity index is 1.61. The summed E-state index contributed by atoms with van der Waals surface area (Å²) in [5.74, 6) is 1.38. The Bertz CT molecular complexity index is 707. The molecule has 2 N–H and O–H groups in total. The lowest BCUT2D eigenvalue weighted by atomic mass is 10.1. The molecular weight excluding hydrogens is 262 g/mol. The number of rotatable bonds is 5. The summed E-state index contributed by atoms with van der Waals surface area (Å²) in [5.41, 5.74) is 8.86. The summed E-state index contributed by atoms with van der Waals surface area (Å²) in [7, 11) is 0. The van der Waals surface area contributed by atoms with E-state index in [9.17, 15) is 0 Å². The van der Waals surface area contributed by atoms with Gasteiger partial charge in [0.05, 0.1) is 6.42 Å². The summed E-state index contributed by atoms with van der Waals surface area (Å²) in [6.45, 7) is 0. The number of benzene rings is 2. The Morgan fingerprint density at radius 2 is 1.71 bits per heavy atom. The highest BCUT2D eigenvalue weighted by molar-refractivity contribution is 5.41. The second-order valence-electron chi connectivity index (χ2n) is 5.01. The highest BCUT2D eigenvalue weighted by Crippen LogP contribution is 2.12. The predicted molar refractivity (Wildman–Crippen MR) is 81.8 cm³/mol. The topological polar surface area (TPSA) is 64.9 Å². The van der Waals surface area contributed by atoms with Gasteiger partial charge in [-0.25, -0.2) is 0 Å². The normalized spacial score (nSPS) is 10.7. The summed E-state index contributed by atoms with van der Waals surface area (Å²) >= 11 is 0. The van der Waals surface area contributed by atoms with Crippen molar-refractivity contribution >= 4 is 5.69 Å². The van der Waals surface area contributed by atoms with E-state index in [1.165, 1.54) is 5.56 Å². The van der Waals surface area contributed by atoms with Gasteiger partial charge >= 0.3 is 0 Å². The lowest BCUT2D eigenvalue weighted by Crippen LogP contribution is -1.94. The van der Waals surface area contributed by atoms with Gasteiger partial charge < -0.3 is 10.3 Å². The molecule has 4 nitrogen and oxygen atoms in total. The number of hydrogen-bond donors (Lipinski definition) is 1. The summed E-state index contributed by atoms with van der Waals surface area (Å²) in [6, 6.07) is 18.0. The van der Waals surface area contributed by atoms with Crippen LogP contribution in [-0.2, 0) is 19.3 Å². The van der Waals surface area contributed by atoms with Crippen LogP contribution >= 0.6 is 0 Å². The molecule has 1 aromatic heterocycles. The minimum atomic E-state index is 0.614. The molecule has 0 spiro atoms. The molecule has 0 fully saturated rings. The molecule has 0 atom stereocenters. The number of hydrogen-bond acceptors (Lipinski definition) is 4. The first kappa shape index (κ1) is 13.4. The minimum absolute atomic E-state index is 0.614. The van der Waals surface area contributed by atoms with E-state index in [0.29, 0.717) is 12.3 Å². The van der Waals surface area contributed by atoms with E-state index in [-0.39, 0.29) is 0 Å². The third-order valence-electron chi connectivity index (χ3n) is 3.30. The summed E-state index contributed by atoms with van der Waals surface area (Å²) in [6.07, 6.45) is 2.31. The first-order chi connectivity index (χ1) is 10.3. The molecule has 0 saturated heterocycles. The van der Waals surface area contributed by atoms with Crippen LogP contribution < -0.4 is 5.73 Å². The van der Waals surface area contributed by atoms with E-state index in [1.807, 2.05) is 42.5 Å². The lowest BCUT2D eigenvalue weighted by molar-refractivity contribution is 0.379. The van der Waals surface area contributed by atoms with Crippen molar-refractivity contribution in [2.24, 2.45) is 0 Å². The van der Waals surface area contributed by atoms with E-state index in [2.05, 4.69) is 22.3 Å². The quantitative estimate of drug-likeness (QED) is 0.729. The Morgan fingerprint density at radius 1 is 0.905 bits per heavy atom. The molecule has 3 aromatic rings. The molecule has 2 aromatic carbocycles. The van der Waals surface area contributed by atoms with Gasteiger partial charge in [-0.15, -0.1) is 0 Å². The molecule has 4 heteroatoms. The molecule has 0 aliphatic heterocycles. The molecule has 0 aliphatic rings. The predicted octanol–water partition coefficient (Wildman–Crippen LogP) is 3.03. The van der Waals surface area contributed by atoms with E-state index < -0.39 is 0 Å². The Labute approximate surface area is 123 Å². The maximum absolute atomic E-state index is 5.76. The van der Waals surface area contributed by atoms with Gasteiger partial charge in [0.25, 0.3) is 0 Å². The standard InChI is InChI=1S/C17H17N3O/c18-15-8-4-7-14(11-15)12-17-19-16(20-21-17)10-9-13-5-2-1-3-6-13/h1-8,11H,9-10,12,18H2. The van der Waals surface area contributed by atoms with Crippen molar-refractivity contribution < 1.29 is 4.52 Å². The molecule has 106 valence electrons. The van der Waals surface area contributed by atoms with Crippen molar-refractivity contribution in [3.8, 4) is 0 Å². The van der Waals surface area contributed by atoms with Crippen LogP contribution in [0.15, 0.2) is 59.1 Å². The molecule has 0 saturated carbocycles. The highest BCUT2D eigenvalue weighted by atomic mass is 16.5. The zero-order chi connectivity index (χ0) is 14.5. The summed E-state index contributed by atoms with van der Waals surface area (Å²) < 4.78 is 5.29. The van der Waals surface area contributed by atoms with Crippen molar-refractivity contribution in [3.05, 3.63) is 77.4 Å². The average Bonchev–Trinajstić information content (AvgIpc) is 2.94.